The third-order valence-electron chi connectivity index (χ3n) is 5.21. The maximum Gasteiger partial charge on any atom is 0.240 e. The van der Waals surface area contributed by atoms with Gasteiger partial charge in [-0.1, -0.05) is 18.2 Å². The summed E-state index contributed by atoms with van der Waals surface area (Å²) in [5.41, 5.74) is 3.40. The summed E-state index contributed by atoms with van der Waals surface area (Å²) in [5, 5.41) is 0. The van der Waals surface area contributed by atoms with Crippen LogP contribution in [0, 0.1) is 0 Å². The maximum absolute atomic E-state index is 12.9. The Hall–Kier alpha value is -2.05. The smallest absolute Gasteiger partial charge is 0.240 e. The van der Waals surface area contributed by atoms with Crippen molar-refractivity contribution in [2.75, 3.05) is 13.2 Å². The van der Waals surface area contributed by atoms with Gasteiger partial charge in [-0.25, -0.2) is 13.1 Å². The zero-order valence-corrected chi connectivity index (χ0v) is 16.3. The number of rotatable bonds is 5. The van der Waals surface area contributed by atoms with Gasteiger partial charge in [0.15, 0.2) is 11.5 Å². The highest BCUT2D eigenvalue weighted by Crippen LogP contribution is 2.35. The van der Waals surface area contributed by atoms with Crippen molar-refractivity contribution >= 4 is 10.0 Å². The molecular formula is C21H25NO4S. The van der Waals surface area contributed by atoms with E-state index in [9.17, 15) is 8.42 Å². The highest BCUT2D eigenvalue weighted by Gasteiger charge is 2.27. The molecule has 0 amide bonds. The molecule has 0 spiro atoms. The van der Waals surface area contributed by atoms with Gasteiger partial charge >= 0.3 is 0 Å². The maximum atomic E-state index is 12.9. The number of fused-ring (bicyclic) bond motifs is 2. The standard InChI is InChI=1S/C21H25NO4S/c1-2-25-20-9-5-8-17-12-18(14-26-21(17)20)22-27(23,24)19-11-10-15-6-3-4-7-16(15)13-19/h5,8-11,13,18,22H,2-4,6-7,12,14H2,1H3. The average Bonchev–Trinajstić information content (AvgIpc) is 2.67. The van der Waals surface area contributed by atoms with Crippen LogP contribution in [0.15, 0.2) is 41.3 Å². The molecule has 4 rings (SSSR count). The Morgan fingerprint density at radius 3 is 2.74 bits per heavy atom. The van der Waals surface area contributed by atoms with E-state index in [1.165, 1.54) is 12.0 Å². The van der Waals surface area contributed by atoms with Crippen LogP contribution in [0.25, 0.3) is 0 Å². The van der Waals surface area contributed by atoms with Crippen LogP contribution in [-0.4, -0.2) is 27.7 Å². The number of sulfonamides is 1. The lowest BCUT2D eigenvalue weighted by Crippen LogP contribution is -2.42. The summed E-state index contributed by atoms with van der Waals surface area (Å²) < 4.78 is 40.0. The second kappa shape index (κ2) is 7.52. The summed E-state index contributed by atoms with van der Waals surface area (Å²) in [5.74, 6) is 1.44. The normalized spacial score (nSPS) is 18.9. The topological polar surface area (TPSA) is 64.6 Å². The van der Waals surface area contributed by atoms with Gasteiger partial charge in [0.05, 0.1) is 17.5 Å². The van der Waals surface area contributed by atoms with Crippen LogP contribution in [0.2, 0.25) is 0 Å². The molecule has 0 aromatic heterocycles. The van der Waals surface area contributed by atoms with E-state index in [0.717, 1.165) is 36.1 Å². The van der Waals surface area contributed by atoms with Gasteiger partial charge in [0, 0.05) is 0 Å². The van der Waals surface area contributed by atoms with Crippen molar-refractivity contribution in [1.29, 1.82) is 0 Å². The minimum absolute atomic E-state index is 0.293. The molecular weight excluding hydrogens is 362 g/mol. The van der Waals surface area contributed by atoms with Crippen LogP contribution >= 0.6 is 0 Å². The molecule has 0 saturated carbocycles. The molecule has 5 nitrogen and oxygen atoms in total. The summed E-state index contributed by atoms with van der Waals surface area (Å²) in [4.78, 5) is 0.344. The number of hydrogen-bond acceptors (Lipinski definition) is 4. The fourth-order valence-electron chi connectivity index (χ4n) is 3.90. The summed E-state index contributed by atoms with van der Waals surface area (Å²) in [6.45, 7) is 2.78. The fourth-order valence-corrected chi connectivity index (χ4v) is 5.17. The summed E-state index contributed by atoms with van der Waals surface area (Å²) in [6.07, 6.45) is 4.89. The van der Waals surface area contributed by atoms with Crippen molar-refractivity contribution in [1.82, 2.24) is 4.72 Å². The lowest BCUT2D eigenvalue weighted by molar-refractivity contribution is 0.233. The first-order chi connectivity index (χ1) is 13.1. The van der Waals surface area contributed by atoms with Gasteiger partial charge < -0.3 is 9.47 Å². The molecule has 1 unspecified atom stereocenters. The van der Waals surface area contributed by atoms with E-state index in [4.69, 9.17) is 9.47 Å². The summed E-state index contributed by atoms with van der Waals surface area (Å²) in [6, 6.07) is 11.0. The molecule has 0 bridgehead atoms. The summed E-state index contributed by atoms with van der Waals surface area (Å²) in [7, 11) is -3.58. The predicted molar refractivity (Wildman–Crippen MR) is 104 cm³/mol. The molecule has 1 N–H and O–H groups in total. The fraction of sp³-hybridized carbons (Fsp3) is 0.429. The Balaban J connectivity index is 1.52. The molecule has 27 heavy (non-hydrogen) atoms. The van der Waals surface area contributed by atoms with Crippen molar-refractivity contribution in [3.63, 3.8) is 0 Å². The largest absolute Gasteiger partial charge is 0.490 e. The number of aryl methyl sites for hydroxylation is 2. The van der Waals surface area contributed by atoms with Crippen LogP contribution in [0.3, 0.4) is 0 Å². The molecule has 2 aromatic rings. The molecule has 144 valence electrons. The lowest BCUT2D eigenvalue weighted by Gasteiger charge is -2.27. The molecule has 1 aliphatic carbocycles. The first-order valence-corrected chi connectivity index (χ1v) is 11.1. The number of para-hydroxylation sites is 1. The summed E-state index contributed by atoms with van der Waals surface area (Å²) >= 11 is 0. The van der Waals surface area contributed by atoms with Crippen molar-refractivity contribution < 1.29 is 17.9 Å². The SMILES string of the molecule is CCOc1cccc2c1OCC(NS(=O)(=O)c1ccc3c(c1)CCCC3)C2. The van der Waals surface area contributed by atoms with Crippen molar-refractivity contribution in [2.24, 2.45) is 0 Å². The van der Waals surface area contributed by atoms with Gasteiger partial charge in [0.2, 0.25) is 10.0 Å². The first-order valence-electron chi connectivity index (χ1n) is 9.58. The number of nitrogens with one attached hydrogen (secondary N) is 1. The quantitative estimate of drug-likeness (QED) is 0.855. The molecule has 6 heteroatoms. The van der Waals surface area contributed by atoms with Gasteiger partial charge in [-0.05, 0) is 73.9 Å². The molecule has 0 saturated heterocycles. The van der Waals surface area contributed by atoms with Crippen molar-refractivity contribution in [3.05, 3.63) is 53.1 Å². The third kappa shape index (κ3) is 3.82. The molecule has 0 fully saturated rings. The van der Waals surface area contributed by atoms with Crippen molar-refractivity contribution in [2.45, 2.75) is 50.0 Å². The Morgan fingerprint density at radius 2 is 1.93 bits per heavy atom. The van der Waals surface area contributed by atoms with E-state index in [2.05, 4.69) is 4.72 Å². The predicted octanol–water partition coefficient (Wildman–Crippen LogP) is 3.25. The third-order valence-corrected chi connectivity index (χ3v) is 6.73. The molecule has 2 aromatic carbocycles. The average molecular weight is 388 g/mol. The van der Waals surface area contributed by atoms with Crippen LogP contribution in [-0.2, 0) is 29.3 Å². The van der Waals surface area contributed by atoms with Crippen molar-refractivity contribution in [3.8, 4) is 11.5 Å². The molecule has 1 atom stereocenters. The van der Waals surface area contributed by atoms with Gasteiger partial charge in [0.1, 0.15) is 6.61 Å². The zero-order chi connectivity index (χ0) is 18.9. The first kappa shape index (κ1) is 18.3. The second-order valence-electron chi connectivity index (χ2n) is 7.15. The second-order valence-corrected chi connectivity index (χ2v) is 8.86. The molecule has 1 heterocycles. The highest BCUT2D eigenvalue weighted by atomic mass is 32.2. The number of hydrogen-bond donors (Lipinski definition) is 1. The van der Waals surface area contributed by atoms with Gasteiger partial charge in [0.25, 0.3) is 0 Å². The van der Waals surface area contributed by atoms with Gasteiger partial charge in [-0.3, -0.25) is 0 Å². The molecule has 1 aliphatic heterocycles. The Bertz CT molecular complexity index is 939. The highest BCUT2D eigenvalue weighted by molar-refractivity contribution is 7.89. The minimum atomic E-state index is -3.58. The molecule has 2 aliphatic rings. The van der Waals surface area contributed by atoms with Crippen LogP contribution < -0.4 is 14.2 Å². The Morgan fingerprint density at radius 1 is 1.11 bits per heavy atom. The van der Waals surface area contributed by atoms with Crippen LogP contribution in [0.1, 0.15) is 36.5 Å². The monoisotopic (exact) mass is 387 g/mol. The van der Waals surface area contributed by atoms with Gasteiger partial charge in [-0.2, -0.15) is 0 Å². The van der Waals surface area contributed by atoms with E-state index in [-0.39, 0.29) is 6.04 Å². The van der Waals surface area contributed by atoms with Gasteiger partial charge in [-0.15, -0.1) is 0 Å². The molecule has 0 radical (unpaired) electrons. The number of ether oxygens (including phenoxy) is 2. The lowest BCUT2D eigenvalue weighted by atomic mass is 9.92. The Kier molecular flexibility index (Phi) is 5.10. The minimum Gasteiger partial charge on any atom is -0.490 e. The van der Waals surface area contributed by atoms with Crippen LogP contribution in [0.5, 0.6) is 11.5 Å². The van der Waals surface area contributed by atoms with E-state index in [1.54, 1.807) is 6.07 Å². The van der Waals surface area contributed by atoms with E-state index in [1.807, 2.05) is 37.3 Å². The van der Waals surface area contributed by atoms with Crippen LogP contribution in [0.4, 0.5) is 0 Å². The van der Waals surface area contributed by atoms with E-state index >= 15 is 0 Å². The number of benzene rings is 2. The van der Waals surface area contributed by atoms with E-state index < -0.39 is 10.0 Å². The zero-order valence-electron chi connectivity index (χ0n) is 15.5. The van der Waals surface area contributed by atoms with E-state index in [0.29, 0.717) is 30.3 Å². The Labute approximate surface area is 160 Å².